The molecule has 18 heavy (non-hydrogen) atoms. The molecule has 0 fully saturated rings. The average molecular weight is 245 g/mol. The Hall–Kier alpha value is -1.81. The molecule has 0 aliphatic rings. The summed E-state index contributed by atoms with van der Waals surface area (Å²) in [5, 5.41) is 0. The summed E-state index contributed by atoms with van der Waals surface area (Å²) < 4.78 is 7.81. The Kier molecular flexibility index (Phi) is 3.67. The van der Waals surface area contributed by atoms with Crippen LogP contribution >= 0.6 is 0 Å². The Morgan fingerprint density at radius 3 is 2.39 bits per heavy atom. The maximum Gasteiger partial charge on any atom is 0.153 e. The molecule has 1 aromatic heterocycles. The molecule has 0 aliphatic carbocycles. The van der Waals surface area contributed by atoms with Crippen molar-refractivity contribution in [2.45, 2.75) is 26.0 Å². The van der Waals surface area contributed by atoms with E-state index in [4.69, 9.17) is 10.5 Å². The third kappa shape index (κ3) is 2.71. The van der Waals surface area contributed by atoms with Crippen LogP contribution in [0.15, 0.2) is 36.7 Å². The molecule has 1 heterocycles. The number of hydrogen-bond donors (Lipinski definition) is 1. The Bertz CT molecular complexity index is 502. The molecule has 1 aromatic carbocycles. The van der Waals surface area contributed by atoms with Gasteiger partial charge in [0.1, 0.15) is 11.6 Å². The highest BCUT2D eigenvalue weighted by Crippen LogP contribution is 2.22. The summed E-state index contributed by atoms with van der Waals surface area (Å²) in [4.78, 5) is 4.28. The number of hydrogen-bond acceptors (Lipinski definition) is 3. The van der Waals surface area contributed by atoms with Gasteiger partial charge in [-0.2, -0.15) is 0 Å². The van der Waals surface area contributed by atoms with E-state index in [1.54, 1.807) is 6.20 Å². The van der Waals surface area contributed by atoms with Gasteiger partial charge in [-0.15, -0.1) is 0 Å². The Balaban J connectivity index is 2.08. The summed E-state index contributed by atoms with van der Waals surface area (Å²) in [5.41, 5.74) is 6.91. The predicted octanol–water partition coefficient (Wildman–Crippen LogP) is 2.58. The van der Waals surface area contributed by atoms with E-state index in [2.05, 4.69) is 4.98 Å². The Morgan fingerprint density at radius 1 is 1.22 bits per heavy atom. The van der Waals surface area contributed by atoms with Crippen LogP contribution in [0.1, 0.15) is 37.4 Å². The highest BCUT2D eigenvalue weighted by Gasteiger charge is 2.11. The molecule has 0 aliphatic heterocycles. The quantitative estimate of drug-likeness (QED) is 0.900. The van der Waals surface area contributed by atoms with Gasteiger partial charge in [-0.05, 0) is 31.5 Å². The first-order valence-electron chi connectivity index (χ1n) is 6.07. The second-order valence-corrected chi connectivity index (χ2v) is 4.51. The van der Waals surface area contributed by atoms with Crippen molar-refractivity contribution in [2.75, 3.05) is 0 Å². The Labute approximate surface area is 107 Å². The van der Waals surface area contributed by atoms with E-state index in [0.717, 1.165) is 17.1 Å². The van der Waals surface area contributed by atoms with Gasteiger partial charge in [-0.25, -0.2) is 4.98 Å². The second kappa shape index (κ2) is 5.23. The van der Waals surface area contributed by atoms with Crippen LogP contribution in [0.4, 0.5) is 0 Å². The van der Waals surface area contributed by atoms with Crippen LogP contribution in [0.3, 0.4) is 0 Å². The summed E-state index contributed by atoms with van der Waals surface area (Å²) in [5.74, 6) is 1.74. The zero-order valence-corrected chi connectivity index (χ0v) is 11.0. The second-order valence-electron chi connectivity index (χ2n) is 4.51. The van der Waals surface area contributed by atoms with E-state index in [1.807, 2.05) is 55.9 Å². The molecule has 0 saturated heterocycles. The molecule has 0 saturated carbocycles. The maximum atomic E-state index is 5.85. The lowest BCUT2D eigenvalue weighted by Gasteiger charge is -2.15. The van der Waals surface area contributed by atoms with Crippen LogP contribution in [-0.2, 0) is 7.05 Å². The van der Waals surface area contributed by atoms with Crippen LogP contribution in [0.2, 0.25) is 0 Å². The van der Waals surface area contributed by atoms with Crippen molar-refractivity contribution in [3.8, 4) is 5.75 Å². The van der Waals surface area contributed by atoms with Crippen LogP contribution in [0.5, 0.6) is 5.75 Å². The van der Waals surface area contributed by atoms with Crippen molar-refractivity contribution in [1.82, 2.24) is 9.55 Å². The summed E-state index contributed by atoms with van der Waals surface area (Å²) in [7, 11) is 1.96. The normalized spacial score (nSPS) is 14.2. The van der Waals surface area contributed by atoms with Crippen molar-refractivity contribution >= 4 is 0 Å². The highest BCUT2D eigenvalue weighted by atomic mass is 16.5. The summed E-state index contributed by atoms with van der Waals surface area (Å²) in [6.45, 7) is 3.95. The lowest BCUT2D eigenvalue weighted by Crippen LogP contribution is -2.09. The Morgan fingerprint density at radius 2 is 1.89 bits per heavy atom. The molecule has 4 heteroatoms. The van der Waals surface area contributed by atoms with E-state index in [1.165, 1.54) is 0 Å². The van der Waals surface area contributed by atoms with E-state index < -0.39 is 0 Å². The lowest BCUT2D eigenvalue weighted by atomic mass is 10.1. The van der Waals surface area contributed by atoms with Crippen molar-refractivity contribution in [1.29, 1.82) is 0 Å². The summed E-state index contributed by atoms with van der Waals surface area (Å²) in [6, 6.07) is 7.91. The van der Waals surface area contributed by atoms with E-state index >= 15 is 0 Å². The molecular weight excluding hydrogens is 226 g/mol. The first-order chi connectivity index (χ1) is 8.58. The summed E-state index contributed by atoms with van der Waals surface area (Å²) >= 11 is 0. The summed E-state index contributed by atoms with van der Waals surface area (Å²) in [6.07, 6.45) is 3.61. The molecule has 2 rings (SSSR count). The van der Waals surface area contributed by atoms with Gasteiger partial charge in [0.25, 0.3) is 0 Å². The number of nitrogens with zero attached hydrogens (tertiary/aromatic N) is 2. The van der Waals surface area contributed by atoms with Crippen LogP contribution in [0.25, 0.3) is 0 Å². The molecule has 0 amide bonds. The molecule has 0 spiro atoms. The van der Waals surface area contributed by atoms with E-state index in [0.29, 0.717) is 0 Å². The van der Waals surface area contributed by atoms with Crippen molar-refractivity contribution in [3.05, 3.63) is 48.0 Å². The minimum absolute atomic E-state index is 0.0472. The maximum absolute atomic E-state index is 5.85. The van der Waals surface area contributed by atoms with Gasteiger partial charge in [-0.3, -0.25) is 0 Å². The first-order valence-corrected chi connectivity index (χ1v) is 6.07. The van der Waals surface area contributed by atoms with E-state index in [-0.39, 0.29) is 12.1 Å². The van der Waals surface area contributed by atoms with Crippen molar-refractivity contribution in [2.24, 2.45) is 12.8 Å². The predicted molar refractivity (Wildman–Crippen MR) is 71.3 cm³/mol. The third-order valence-electron chi connectivity index (χ3n) is 2.94. The molecule has 2 atom stereocenters. The standard InChI is InChI=1S/C14H19N3O/c1-10(15)12-4-6-13(7-5-12)18-11(2)14-16-8-9-17(14)3/h4-11H,15H2,1-3H3. The number of nitrogens with two attached hydrogens (primary N) is 1. The van der Waals surface area contributed by atoms with Crippen LogP contribution < -0.4 is 10.5 Å². The first kappa shape index (κ1) is 12.6. The SMILES string of the molecule is CC(N)c1ccc(OC(C)c2nccn2C)cc1. The topological polar surface area (TPSA) is 53.1 Å². The zero-order chi connectivity index (χ0) is 13.1. The molecule has 4 nitrogen and oxygen atoms in total. The van der Waals surface area contributed by atoms with Gasteiger partial charge in [0.15, 0.2) is 6.10 Å². The van der Waals surface area contributed by atoms with Gasteiger partial charge in [0.05, 0.1) is 0 Å². The number of aromatic nitrogens is 2. The molecule has 2 unspecified atom stereocenters. The average Bonchev–Trinajstić information content (AvgIpc) is 2.76. The molecule has 96 valence electrons. The number of aryl methyl sites for hydroxylation is 1. The minimum Gasteiger partial charge on any atom is -0.483 e. The van der Waals surface area contributed by atoms with Crippen LogP contribution in [-0.4, -0.2) is 9.55 Å². The van der Waals surface area contributed by atoms with Gasteiger partial charge >= 0.3 is 0 Å². The molecule has 0 bridgehead atoms. The fraction of sp³-hybridized carbons (Fsp3) is 0.357. The smallest absolute Gasteiger partial charge is 0.153 e. The number of benzene rings is 1. The molecule has 0 radical (unpaired) electrons. The molecule has 2 N–H and O–H groups in total. The van der Waals surface area contributed by atoms with Crippen molar-refractivity contribution in [3.63, 3.8) is 0 Å². The van der Waals surface area contributed by atoms with Gasteiger partial charge < -0.3 is 15.0 Å². The fourth-order valence-corrected chi connectivity index (χ4v) is 1.88. The number of imidazole rings is 1. The van der Waals surface area contributed by atoms with Gasteiger partial charge in [0, 0.05) is 25.5 Å². The van der Waals surface area contributed by atoms with Gasteiger partial charge in [0.2, 0.25) is 0 Å². The number of rotatable bonds is 4. The van der Waals surface area contributed by atoms with Gasteiger partial charge in [-0.1, -0.05) is 12.1 Å². The molecule has 2 aromatic rings. The fourth-order valence-electron chi connectivity index (χ4n) is 1.88. The number of ether oxygens (including phenoxy) is 1. The van der Waals surface area contributed by atoms with Crippen LogP contribution in [0, 0.1) is 0 Å². The van der Waals surface area contributed by atoms with E-state index in [9.17, 15) is 0 Å². The monoisotopic (exact) mass is 245 g/mol. The minimum atomic E-state index is -0.0776. The zero-order valence-electron chi connectivity index (χ0n) is 11.0. The largest absolute Gasteiger partial charge is 0.483 e. The van der Waals surface area contributed by atoms with Crippen molar-refractivity contribution < 1.29 is 4.74 Å². The highest BCUT2D eigenvalue weighted by molar-refractivity contribution is 5.29. The lowest BCUT2D eigenvalue weighted by molar-refractivity contribution is 0.212. The molecular formula is C14H19N3O. The third-order valence-corrected chi connectivity index (χ3v) is 2.94.